The van der Waals surface area contributed by atoms with E-state index in [1.54, 1.807) is 0 Å². The molecule has 0 amide bonds. The number of aromatic nitrogens is 1. The molecule has 0 spiro atoms. The van der Waals surface area contributed by atoms with Gasteiger partial charge in [0.25, 0.3) is 0 Å². The number of para-hydroxylation sites is 1. The molecule has 1 aliphatic heterocycles. The third-order valence-electron chi connectivity index (χ3n) is 3.95. The second-order valence-electron chi connectivity index (χ2n) is 5.38. The molecule has 1 aliphatic rings. The summed E-state index contributed by atoms with van der Waals surface area (Å²) in [5.74, 6) is 1.44. The van der Waals surface area contributed by atoms with Crippen LogP contribution in [-0.2, 0) is 6.54 Å². The molecule has 2 heterocycles. The van der Waals surface area contributed by atoms with E-state index in [1.165, 1.54) is 30.3 Å². The van der Waals surface area contributed by atoms with Crippen LogP contribution in [0.5, 0.6) is 0 Å². The summed E-state index contributed by atoms with van der Waals surface area (Å²) in [7, 11) is 0. The summed E-state index contributed by atoms with van der Waals surface area (Å²) in [4.78, 5) is 6.95. The number of likely N-dealkylation sites (tertiary alicyclic amines) is 1. The highest BCUT2D eigenvalue weighted by molar-refractivity contribution is 6.18. The molecule has 0 aliphatic carbocycles. The van der Waals surface area contributed by atoms with Crippen molar-refractivity contribution >= 4 is 22.5 Å². The van der Waals surface area contributed by atoms with Crippen molar-refractivity contribution in [2.24, 2.45) is 5.92 Å². The van der Waals surface area contributed by atoms with Gasteiger partial charge in [-0.1, -0.05) is 18.2 Å². The van der Waals surface area contributed by atoms with Gasteiger partial charge in [-0.2, -0.15) is 0 Å². The number of piperidine rings is 1. The van der Waals surface area contributed by atoms with Crippen molar-refractivity contribution in [1.29, 1.82) is 0 Å². The van der Waals surface area contributed by atoms with Crippen LogP contribution < -0.4 is 0 Å². The monoisotopic (exact) mass is 274 g/mol. The van der Waals surface area contributed by atoms with Crippen LogP contribution in [0, 0.1) is 5.92 Å². The normalized spacial score (nSPS) is 20.8. The minimum absolute atomic E-state index is 0.656. The van der Waals surface area contributed by atoms with Crippen molar-refractivity contribution in [3.63, 3.8) is 0 Å². The maximum Gasteiger partial charge on any atom is 0.0705 e. The molecular formula is C16H19ClN2. The van der Waals surface area contributed by atoms with Crippen LogP contribution in [0.3, 0.4) is 0 Å². The lowest BCUT2D eigenvalue weighted by Gasteiger charge is -2.32. The van der Waals surface area contributed by atoms with E-state index in [-0.39, 0.29) is 0 Å². The standard InChI is InChI=1S/C16H19ClN2/c17-10-13-4-3-9-19(11-13)12-14-7-8-18-16-6-2-1-5-15(14)16/h1-2,5-8,13H,3-4,9-12H2. The Hall–Kier alpha value is -1.12. The smallest absolute Gasteiger partial charge is 0.0705 e. The second-order valence-corrected chi connectivity index (χ2v) is 5.69. The van der Waals surface area contributed by atoms with Crippen LogP contribution in [0.25, 0.3) is 10.9 Å². The van der Waals surface area contributed by atoms with Crippen LogP contribution in [0.1, 0.15) is 18.4 Å². The zero-order chi connectivity index (χ0) is 13.1. The van der Waals surface area contributed by atoms with Crippen LogP contribution in [-0.4, -0.2) is 28.9 Å². The summed E-state index contributed by atoms with van der Waals surface area (Å²) in [5.41, 5.74) is 2.46. The van der Waals surface area contributed by atoms with E-state index in [2.05, 4.69) is 34.1 Å². The molecule has 0 radical (unpaired) electrons. The Kier molecular flexibility index (Phi) is 4.00. The van der Waals surface area contributed by atoms with Crippen molar-refractivity contribution in [1.82, 2.24) is 9.88 Å². The van der Waals surface area contributed by atoms with Crippen LogP contribution in [0.4, 0.5) is 0 Å². The molecule has 19 heavy (non-hydrogen) atoms. The van der Waals surface area contributed by atoms with Crippen molar-refractivity contribution < 1.29 is 0 Å². The molecule has 3 rings (SSSR count). The van der Waals surface area contributed by atoms with Gasteiger partial charge in [0.15, 0.2) is 0 Å². The van der Waals surface area contributed by atoms with Crippen molar-refractivity contribution in [2.75, 3.05) is 19.0 Å². The van der Waals surface area contributed by atoms with E-state index < -0.39 is 0 Å². The fourth-order valence-corrected chi connectivity index (χ4v) is 3.21. The van der Waals surface area contributed by atoms with Crippen molar-refractivity contribution in [2.45, 2.75) is 19.4 Å². The van der Waals surface area contributed by atoms with Gasteiger partial charge in [0.2, 0.25) is 0 Å². The Bertz CT molecular complexity index is 550. The Balaban J connectivity index is 1.81. The first-order valence-corrected chi connectivity index (χ1v) is 7.51. The number of rotatable bonds is 3. The number of pyridine rings is 1. The van der Waals surface area contributed by atoms with Gasteiger partial charge in [0.1, 0.15) is 0 Å². The molecule has 3 heteroatoms. The lowest BCUT2D eigenvalue weighted by atomic mass is 9.99. The molecule has 0 saturated carbocycles. The van der Waals surface area contributed by atoms with Gasteiger partial charge >= 0.3 is 0 Å². The van der Waals surface area contributed by atoms with Gasteiger partial charge in [0.05, 0.1) is 5.52 Å². The van der Waals surface area contributed by atoms with Gasteiger partial charge < -0.3 is 0 Å². The zero-order valence-corrected chi connectivity index (χ0v) is 11.8. The lowest BCUT2D eigenvalue weighted by molar-refractivity contribution is 0.178. The second kappa shape index (κ2) is 5.89. The van der Waals surface area contributed by atoms with Gasteiger partial charge in [-0.3, -0.25) is 9.88 Å². The molecule has 1 saturated heterocycles. The summed E-state index contributed by atoms with van der Waals surface area (Å²) in [6, 6.07) is 10.5. The molecule has 100 valence electrons. The van der Waals surface area contributed by atoms with E-state index in [0.29, 0.717) is 5.92 Å². The fraction of sp³-hybridized carbons (Fsp3) is 0.438. The average molecular weight is 275 g/mol. The Labute approximate surface area is 119 Å². The highest BCUT2D eigenvalue weighted by Crippen LogP contribution is 2.22. The van der Waals surface area contributed by atoms with Gasteiger partial charge in [-0.25, -0.2) is 0 Å². The summed E-state index contributed by atoms with van der Waals surface area (Å²) < 4.78 is 0. The largest absolute Gasteiger partial charge is 0.299 e. The van der Waals surface area contributed by atoms with Crippen molar-refractivity contribution in [3.05, 3.63) is 42.1 Å². The molecule has 2 nitrogen and oxygen atoms in total. The SMILES string of the molecule is ClCC1CCCN(Cc2ccnc3ccccc23)C1. The summed E-state index contributed by atoms with van der Waals surface area (Å²) in [5, 5.41) is 1.28. The topological polar surface area (TPSA) is 16.1 Å². The number of fused-ring (bicyclic) bond motifs is 1. The molecule has 0 N–H and O–H groups in total. The Morgan fingerprint density at radius 3 is 3.05 bits per heavy atom. The van der Waals surface area contributed by atoms with Crippen LogP contribution >= 0.6 is 11.6 Å². The number of alkyl halides is 1. The summed E-state index contributed by atoms with van der Waals surface area (Å²) in [6.45, 7) is 3.32. The predicted octanol–water partition coefficient (Wildman–Crippen LogP) is 3.69. The first kappa shape index (κ1) is 12.9. The minimum atomic E-state index is 0.656. The molecule has 1 aromatic carbocycles. The molecule has 1 unspecified atom stereocenters. The lowest BCUT2D eigenvalue weighted by Crippen LogP contribution is -2.35. The average Bonchev–Trinajstić information content (AvgIpc) is 2.48. The molecule has 1 aromatic heterocycles. The van der Waals surface area contributed by atoms with E-state index in [1.807, 2.05) is 12.3 Å². The Morgan fingerprint density at radius 2 is 2.16 bits per heavy atom. The highest BCUT2D eigenvalue weighted by Gasteiger charge is 2.19. The number of halogens is 1. The Morgan fingerprint density at radius 1 is 1.26 bits per heavy atom. The van der Waals surface area contributed by atoms with E-state index in [4.69, 9.17) is 11.6 Å². The molecule has 1 fully saturated rings. The van der Waals surface area contributed by atoms with Gasteiger partial charge in [-0.05, 0) is 43.0 Å². The summed E-state index contributed by atoms with van der Waals surface area (Å²) in [6.07, 6.45) is 4.46. The van der Waals surface area contributed by atoms with Gasteiger partial charge in [-0.15, -0.1) is 11.6 Å². The van der Waals surface area contributed by atoms with Crippen molar-refractivity contribution in [3.8, 4) is 0 Å². The highest BCUT2D eigenvalue weighted by atomic mass is 35.5. The van der Waals surface area contributed by atoms with Crippen LogP contribution in [0.15, 0.2) is 36.5 Å². The van der Waals surface area contributed by atoms with Crippen LogP contribution in [0.2, 0.25) is 0 Å². The van der Waals surface area contributed by atoms with E-state index in [9.17, 15) is 0 Å². The van der Waals surface area contributed by atoms with E-state index >= 15 is 0 Å². The molecule has 2 aromatic rings. The third-order valence-corrected chi connectivity index (χ3v) is 4.39. The first-order valence-electron chi connectivity index (χ1n) is 6.98. The fourth-order valence-electron chi connectivity index (χ4n) is 2.95. The number of hydrogen-bond donors (Lipinski definition) is 0. The van der Waals surface area contributed by atoms with E-state index in [0.717, 1.165) is 24.5 Å². The quantitative estimate of drug-likeness (QED) is 0.794. The summed E-state index contributed by atoms with van der Waals surface area (Å²) >= 11 is 6.01. The number of nitrogens with zero attached hydrogens (tertiary/aromatic N) is 2. The van der Waals surface area contributed by atoms with Gasteiger partial charge in [0, 0.05) is 30.6 Å². The molecule has 0 bridgehead atoms. The minimum Gasteiger partial charge on any atom is -0.299 e. The molecular weight excluding hydrogens is 256 g/mol. The zero-order valence-electron chi connectivity index (χ0n) is 11.1. The number of hydrogen-bond acceptors (Lipinski definition) is 2. The number of benzene rings is 1. The third kappa shape index (κ3) is 2.90. The molecule has 1 atom stereocenters. The first-order chi connectivity index (χ1) is 9.36. The maximum atomic E-state index is 6.01. The maximum absolute atomic E-state index is 6.01. The predicted molar refractivity (Wildman–Crippen MR) is 80.5 cm³/mol.